The molecule has 0 aromatic heterocycles. The largest absolute Gasteiger partial charge is 0.493 e. The van der Waals surface area contributed by atoms with Gasteiger partial charge in [-0.3, -0.25) is 0 Å². The summed E-state index contributed by atoms with van der Waals surface area (Å²) in [5.41, 5.74) is 0.785. The Labute approximate surface area is 111 Å². The lowest BCUT2D eigenvalue weighted by Gasteiger charge is -2.31. The molecule has 0 heterocycles. The monoisotopic (exact) mass is 266 g/mol. The molecular weight excluding hydrogens is 248 g/mol. The number of benzene rings is 1. The first kappa shape index (κ1) is 13.9. The molecule has 0 amide bonds. The van der Waals surface area contributed by atoms with E-state index >= 15 is 0 Å². The van der Waals surface area contributed by atoms with Crippen LogP contribution in [0.3, 0.4) is 0 Å². The van der Waals surface area contributed by atoms with Crippen LogP contribution in [-0.4, -0.2) is 47.9 Å². The van der Waals surface area contributed by atoms with Gasteiger partial charge in [-0.1, -0.05) is 18.2 Å². The Kier molecular flexibility index (Phi) is 4.09. The minimum Gasteiger partial charge on any atom is -0.493 e. The van der Waals surface area contributed by atoms with E-state index in [1.54, 1.807) is 31.4 Å². The number of aliphatic hydroxyl groups is 3. The summed E-state index contributed by atoms with van der Waals surface area (Å²) in [6.45, 7) is 0. The highest BCUT2D eigenvalue weighted by molar-refractivity contribution is 5.45. The normalized spacial score (nSPS) is 30.2. The van der Waals surface area contributed by atoms with Crippen LogP contribution in [0.25, 0.3) is 0 Å². The average Bonchev–Trinajstić information content (AvgIpc) is 2.44. The maximum Gasteiger partial charge on any atom is 0.161 e. The average molecular weight is 266 g/mol. The lowest BCUT2D eigenvalue weighted by molar-refractivity contribution is -0.0530. The van der Waals surface area contributed by atoms with Crippen molar-refractivity contribution in [1.82, 2.24) is 0 Å². The van der Waals surface area contributed by atoms with Crippen LogP contribution in [-0.2, 0) is 0 Å². The zero-order valence-corrected chi connectivity index (χ0v) is 10.9. The maximum absolute atomic E-state index is 10.0. The maximum atomic E-state index is 10.0. The van der Waals surface area contributed by atoms with Crippen LogP contribution in [0.4, 0.5) is 0 Å². The molecule has 1 aromatic rings. The molecule has 5 heteroatoms. The highest BCUT2D eigenvalue weighted by Gasteiger charge is 2.33. The van der Waals surface area contributed by atoms with E-state index in [0.29, 0.717) is 11.5 Å². The fourth-order valence-electron chi connectivity index (χ4n) is 2.24. The summed E-state index contributed by atoms with van der Waals surface area (Å²) in [7, 11) is 3.08. The topological polar surface area (TPSA) is 79.2 Å². The fourth-order valence-corrected chi connectivity index (χ4v) is 2.24. The molecule has 0 saturated heterocycles. The van der Waals surface area contributed by atoms with Crippen LogP contribution >= 0.6 is 0 Å². The second kappa shape index (κ2) is 5.61. The SMILES string of the molecule is COc1ccc([C@@H]2C=C[C@H](O)[C@@H](O)[C@@H]2O)cc1OC. The predicted molar refractivity (Wildman–Crippen MR) is 69.4 cm³/mol. The van der Waals surface area contributed by atoms with Crippen molar-refractivity contribution in [2.75, 3.05) is 14.2 Å². The van der Waals surface area contributed by atoms with Crippen molar-refractivity contribution in [3.05, 3.63) is 35.9 Å². The Bertz CT molecular complexity index is 471. The molecule has 0 unspecified atom stereocenters. The molecule has 2 rings (SSSR count). The summed E-state index contributed by atoms with van der Waals surface area (Å²) in [5, 5.41) is 29.2. The molecule has 1 aromatic carbocycles. The fraction of sp³-hybridized carbons (Fsp3) is 0.429. The Morgan fingerprint density at radius 2 is 1.58 bits per heavy atom. The summed E-state index contributed by atoms with van der Waals surface area (Å²) in [6, 6.07) is 5.29. The van der Waals surface area contributed by atoms with Gasteiger partial charge >= 0.3 is 0 Å². The molecule has 3 N–H and O–H groups in total. The third kappa shape index (κ3) is 2.58. The molecule has 0 radical (unpaired) electrons. The third-order valence-corrected chi connectivity index (χ3v) is 3.38. The Hall–Kier alpha value is -1.56. The number of hydrogen-bond donors (Lipinski definition) is 3. The minimum atomic E-state index is -1.19. The van der Waals surface area contributed by atoms with E-state index in [-0.39, 0.29) is 0 Å². The molecule has 0 aliphatic heterocycles. The lowest BCUT2D eigenvalue weighted by Crippen LogP contribution is -2.42. The van der Waals surface area contributed by atoms with Crippen molar-refractivity contribution in [3.63, 3.8) is 0 Å². The second-order valence-corrected chi connectivity index (χ2v) is 4.50. The van der Waals surface area contributed by atoms with Gasteiger partial charge in [-0.15, -0.1) is 0 Å². The summed E-state index contributed by atoms with van der Waals surface area (Å²) < 4.78 is 10.4. The molecule has 5 nitrogen and oxygen atoms in total. The van der Waals surface area contributed by atoms with Gasteiger partial charge in [0.15, 0.2) is 11.5 Å². The lowest BCUT2D eigenvalue weighted by atomic mass is 9.84. The van der Waals surface area contributed by atoms with Crippen LogP contribution < -0.4 is 9.47 Å². The molecule has 1 aliphatic carbocycles. The van der Waals surface area contributed by atoms with Crippen molar-refractivity contribution in [3.8, 4) is 11.5 Å². The van der Waals surface area contributed by atoms with Crippen LogP contribution in [0.5, 0.6) is 11.5 Å². The summed E-state index contributed by atoms with van der Waals surface area (Å²) in [6.07, 6.45) is -0.116. The first-order valence-corrected chi connectivity index (χ1v) is 6.03. The van der Waals surface area contributed by atoms with Crippen LogP contribution in [0.1, 0.15) is 11.5 Å². The van der Waals surface area contributed by atoms with Crippen molar-refractivity contribution in [2.45, 2.75) is 24.2 Å². The minimum absolute atomic E-state index is 0.391. The van der Waals surface area contributed by atoms with Crippen molar-refractivity contribution in [2.24, 2.45) is 0 Å². The first-order chi connectivity index (χ1) is 9.08. The van der Waals surface area contributed by atoms with Gasteiger partial charge < -0.3 is 24.8 Å². The molecule has 0 saturated carbocycles. The highest BCUT2D eigenvalue weighted by Crippen LogP contribution is 2.34. The van der Waals surface area contributed by atoms with Crippen LogP contribution in [0.2, 0.25) is 0 Å². The van der Waals surface area contributed by atoms with E-state index in [0.717, 1.165) is 5.56 Å². The van der Waals surface area contributed by atoms with Gasteiger partial charge in [0.2, 0.25) is 0 Å². The third-order valence-electron chi connectivity index (χ3n) is 3.38. The van der Waals surface area contributed by atoms with E-state index in [1.807, 2.05) is 0 Å². The first-order valence-electron chi connectivity index (χ1n) is 6.03. The standard InChI is InChI=1S/C14H18O5/c1-18-11-6-3-8(7-12(11)19-2)9-4-5-10(15)14(17)13(9)16/h3-7,9-10,13-17H,1-2H3/t9-,10-,13+,14+/m0/s1. The second-order valence-electron chi connectivity index (χ2n) is 4.50. The smallest absolute Gasteiger partial charge is 0.161 e. The van der Waals surface area contributed by atoms with Crippen LogP contribution in [0, 0.1) is 0 Å². The van der Waals surface area contributed by atoms with E-state index in [9.17, 15) is 15.3 Å². The molecule has 0 bridgehead atoms. The van der Waals surface area contributed by atoms with Gasteiger partial charge in [-0.25, -0.2) is 0 Å². The zero-order valence-electron chi connectivity index (χ0n) is 10.9. The van der Waals surface area contributed by atoms with Gasteiger partial charge in [0.1, 0.15) is 12.2 Å². The Morgan fingerprint density at radius 1 is 0.895 bits per heavy atom. The van der Waals surface area contributed by atoms with E-state index < -0.39 is 24.2 Å². The number of methoxy groups -OCH3 is 2. The summed E-state index contributed by atoms with van der Waals surface area (Å²) in [5.74, 6) is 0.764. The van der Waals surface area contributed by atoms with Gasteiger partial charge in [-0.05, 0) is 17.7 Å². The van der Waals surface area contributed by atoms with Crippen molar-refractivity contribution < 1.29 is 24.8 Å². The van der Waals surface area contributed by atoms with Gasteiger partial charge in [0, 0.05) is 5.92 Å². The quantitative estimate of drug-likeness (QED) is 0.692. The molecule has 4 atom stereocenters. The predicted octanol–water partition coefficient (Wildman–Crippen LogP) is 0.440. The summed E-state index contributed by atoms with van der Waals surface area (Å²) in [4.78, 5) is 0. The van der Waals surface area contributed by atoms with Crippen molar-refractivity contribution in [1.29, 1.82) is 0 Å². The summed E-state index contributed by atoms with van der Waals surface area (Å²) >= 11 is 0. The molecule has 104 valence electrons. The van der Waals surface area contributed by atoms with Crippen LogP contribution in [0.15, 0.2) is 30.4 Å². The Balaban J connectivity index is 2.34. The van der Waals surface area contributed by atoms with E-state index in [4.69, 9.17) is 9.47 Å². The van der Waals surface area contributed by atoms with Gasteiger partial charge in [0.25, 0.3) is 0 Å². The van der Waals surface area contributed by atoms with Crippen molar-refractivity contribution >= 4 is 0 Å². The molecule has 0 spiro atoms. The zero-order chi connectivity index (χ0) is 14.0. The molecular formula is C14H18O5. The number of hydrogen-bond acceptors (Lipinski definition) is 5. The van der Waals surface area contributed by atoms with Gasteiger partial charge in [0.05, 0.1) is 20.3 Å². The number of rotatable bonds is 3. The van der Waals surface area contributed by atoms with E-state index in [1.165, 1.54) is 13.2 Å². The molecule has 19 heavy (non-hydrogen) atoms. The Morgan fingerprint density at radius 3 is 2.21 bits per heavy atom. The van der Waals surface area contributed by atoms with E-state index in [2.05, 4.69) is 0 Å². The number of aliphatic hydroxyl groups excluding tert-OH is 3. The molecule has 1 aliphatic rings. The molecule has 0 fully saturated rings. The number of ether oxygens (including phenoxy) is 2. The highest BCUT2D eigenvalue weighted by atomic mass is 16.5. The van der Waals surface area contributed by atoms with Gasteiger partial charge in [-0.2, -0.15) is 0 Å².